The maximum absolute atomic E-state index is 5.29. The fraction of sp³-hybridized carbons (Fsp3) is 0. The van der Waals surface area contributed by atoms with Gasteiger partial charge in [-0.2, -0.15) is 0 Å². The molecular weight excluding hydrogens is 727 g/mol. The van der Waals surface area contributed by atoms with Gasteiger partial charge in [-0.3, -0.25) is 0 Å². The van der Waals surface area contributed by atoms with Crippen LogP contribution in [0.3, 0.4) is 0 Å². The van der Waals surface area contributed by atoms with Crippen LogP contribution in [0.5, 0.6) is 0 Å². The van der Waals surface area contributed by atoms with Crippen LogP contribution in [0.2, 0.25) is 0 Å². The molecule has 0 saturated carbocycles. The molecule has 11 rings (SSSR count). The van der Waals surface area contributed by atoms with Crippen LogP contribution in [-0.2, 0) is 0 Å². The Hall–Kier alpha value is -8.01. The zero-order chi connectivity index (χ0) is 39.8. The van der Waals surface area contributed by atoms with Crippen molar-refractivity contribution in [3.05, 3.63) is 224 Å². The van der Waals surface area contributed by atoms with Crippen LogP contribution in [0.1, 0.15) is 0 Å². The van der Waals surface area contributed by atoms with E-state index in [-0.39, 0.29) is 0 Å². The Morgan fingerprint density at radius 1 is 0.183 bits per heavy atom. The van der Waals surface area contributed by atoms with Crippen molar-refractivity contribution in [1.29, 1.82) is 0 Å². The molecule has 3 nitrogen and oxygen atoms in total. The standard InChI is InChI=1S/C57H37N3/c1-4-14-38(15-5-1)40-24-28-43(29-25-40)55-58-56(44-30-26-41(27-31-44)39-16-6-2-7-17-39)60-57(59-55)54-37-46(32-34-47(54)42-18-8-3-9-19-42)45-33-35-52-50-22-11-10-20-48(50)49-21-12-13-23-51(49)53(52)36-45/h1-37H. The molecular formula is C57H37N3. The molecule has 11 aromatic rings. The van der Waals surface area contributed by atoms with Crippen LogP contribution in [0, 0.1) is 0 Å². The molecule has 0 saturated heterocycles. The summed E-state index contributed by atoms with van der Waals surface area (Å²) in [6.45, 7) is 0. The van der Waals surface area contributed by atoms with Gasteiger partial charge in [0.2, 0.25) is 0 Å². The van der Waals surface area contributed by atoms with Crippen molar-refractivity contribution in [1.82, 2.24) is 15.0 Å². The lowest BCUT2D eigenvalue weighted by Crippen LogP contribution is -2.01. The minimum atomic E-state index is 0.618. The van der Waals surface area contributed by atoms with E-state index in [9.17, 15) is 0 Å². The second-order valence-electron chi connectivity index (χ2n) is 15.2. The van der Waals surface area contributed by atoms with Crippen molar-refractivity contribution < 1.29 is 0 Å². The summed E-state index contributed by atoms with van der Waals surface area (Å²) in [6.07, 6.45) is 0. The average Bonchev–Trinajstić information content (AvgIpc) is 3.34. The molecule has 3 heteroatoms. The van der Waals surface area contributed by atoms with Gasteiger partial charge in [0.1, 0.15) is 0 Å². The van der Waals surface area contributed by atoms with Gasteiger partial charge in [0.05, 0.1) is 0 Å². The van der Waals surface area contributed by atoms with Crippen LogP contribution in [0.15, 0.2) is 224 Å². The van der Waals surface area contributed by atoms with Gasteiger partial charge in [0.25, 0.3) is 0 Å². The van der Waals surface area contributed by atoms with E-state index in [4.69, 9.17) is 15.0 Å². The molecule has 0 unspecified atom stereocenters. The summed E-state index contributed by atoms with van der Waals surface area (Å²) in [5.41, 5.74) is 11.8. The van der Waals surface area contributed by atoms with Crippen LogP contribution < -0.4 is 0 Å². The van der Waals surface area contributed by atoms with E-state index in [1.54, 1.807) is 0 Å². The van der Waals surface area contributed by atoms with Crippen LogP contribution in [0.25, 0.3) is 111 Å². The molecule has 60 heavy (non-hydrogen) atoms. The molecule has 0 amide bonds. The summed E-state index contributed by atoms with van der Waals surface area (Å²) in [4.78, 5) is 15.7. The maximum Gasteiger partial charge on any atom is 0.164 e. The summed E-state index contributed by atoms with van der Waals surface area (Å²) in [6, 6.07) is 79.5. The summed E-state index contributed by atoms with van der Waals surface area (Å²) in [5.74, 6) is 1.86. The molecule has 0 aliphatic carbocycles. The number of nitrogens with zero attached hydrogens (tertiary/aromatic N) is 3. The van der Waals surface area contributed by atoms with E-state index in [1.807, 2.05) is 12.1 Å². The van der Waals surface area contributed by atoms with E-state index in [1.165, 1.54) is 43.4 Å². The largest absolute Gasteiger partial charge is 0.208 e. The summed E-state index contributed by atoms with van der Waals surface area (Å²) in [7, 11) is 0. The van der Waals surface area contributed by atoms with Crippen LogP contribution >= 0.6 is 0 Å². The van der Waals surface area contributed by atoms with E-state index >= 15 is 0 Å². The third-order valence-corrected chi connectivity index (χ3v) is 11.6. The van der Waals surface area contributed by atoms with Gasteiger partial charge in [-0.1, -0.05) is 212 Å². The van der Waals surface area contributed by atoms with Crippen molar-refractivity contribution in [3.63, 3.8) is 0 Å². The minimum Gasteiger partial charge on any atom is -0.208 e. The van der Waals surface area contributed by atoms with Gasteiger partial charge < -0.3 is 0 Å². The third kappa shape index (κ3) is 6.49. The number of benzene rings is 10. The molecule has 0 atom stereocenters. The Balaban J connectivity index is 1.10. The number of hydrogen-bond acceptors (Lipinski definition) is 3. The number of aromatic nitrogens is 3. The predicted molar refractivity (Wildman–Crippen MR) is 250 cm³/mol. The van der Waals surface area contributed by atoms with Crippen LogP contribution in [0.4, 0.5) is 0 Å². The summed E-state index contributed by atoms with van der Waals surface area (Å²) < 4.78 is 0. The van der Waals surface area contributed by atoms with E-state index in [2.05, 4.69) is 212 Å². The average molecular weight is 764 g/mol. The third-order valence-electron chi connectivity index (χ3n) is 11.6. The first-order chi connectivity index (χ1) is 29.7. The molecule has 0 aliphatic rings. The maximum atomic E-state index is 5.29. The lowest BCUT2D eigenvalue weighted by Gasteiger charge is -2.15. The van der Waals surface area contributed by atoms with E-state index < -0.39 is 0 Å². The van der Waals surface area contributed by atoms with Crippen LogP contribution in [-0.4, -0.2) is 15.0 Å². The highest BCUT2D eigenvalue weighted by atomic mass is 15.0. The molecule has 0 spiro atoms. The van der Waals surface area contributed by atoms with Gasteiger partial charge in [-0.25, -0.2) is 15.0 Å². The summed E-state index contributed by atoms with van der Waals surface area (Å²) in [5, 5.41) is 7.52. The second-order valence-corrected chi connectivity index (χ2v) is 15.2. The van der Waals surface area contributed by atoms with Gasteiger partial charge in [0.15, 0.2) is 17.5 Å². The molecule has 280 valence electrons. The van der Waals surface area contributed by atoms with Gasteiger partial charge in [-0.05, 0) is 89.0 Å². The highest BCUT2D eigenvalue weighted by molar-refractivity contribution is 6.25. The smallest absolute Gasteiger partial charge is 0.164 e. The lowest BCUT2D eigenvalue weighted by molar-refractivity contribution is 1.07. The molecule has 0 radical (unpaired) electrons. The van der Waals surface area contributed by atoms with Gasteiger partial charge in [0, 0.05) is 16.7 Å². The van der Waals surface area contributed by atoms with Crippen molar-refractivity contribution in [2.24, 2.45) is 0 Å². The molecule has 1 aromatic heterocycles. The normalized spacial score (nSPS) is 11.3. The number of hydrogen-bond donors (Lipinski definition) is 0. The van der Waals surface area contributed by atoms with Crippen molar-refractivity contribution in [3.8, 4) is 78.7 Å². The van der Waals surface area contributed by atoms with Gasteiger partial charge >= 0.3 is 0 Å². The van der Waals surface area contributed by atoms with Crippen molar-refractivity contribution in [2.45, 2.75) is 0 Å². The quantitative estimate of drug-likeness (QED) is 0.152. The highest BCUT2D eigenvalue weighted by Crippen LogP contribution is 2.40. The molecule has 0 N–H and O–H groups in total. The predicted octanol–water partition coefficient (Wildman–Crippen LogP) is 15.0. The summed E-state index contributed by atoms with van der Waals surface area (Å²) >= 11 is 0. The van der Waals surface area contributed by atoms with E-state index in [0.29, 0.717) is 17.5 Å². The highest BCUT2D eigenvalue weighted by Gasteiger charge is 2.18. The van der Waals surface area contributed by atoms with E-state index in [0.717, 1.165) is 50.1 Å². The Morgan fingerprint density at radius 3 is 1.02 bits per heavy atom. The number of fused-ring (bicyclic) bond motifs is 6. The Labute approximate surface area is 349 Å². The topological polar surface area (TPSA) is 38.7 Å². The lowest BCUT2D eigenvalue weighted by atomic mass is 9.90. The second kappa shape index (κ2) is 15.1. The zero-order valence-corrected chi connectivity index (χ0v) is 32.7. The molecule has 0 fully saturated rings. The first-order valence-electron chi connectivity index (χ1n) is 20.3. The van der Waals surface area contributed by atoms with Crippen molar-refractivity contribution in [2.75, 3.05) is 0 Å². The monoisotopic (exact) mass is 763 g/mol. The molecule has 0 bridgehead atoms. The fourth-order valence-electron chi connectivity index (χ4n) is 8.50. The molecule has 0 aliphatic heterocycles. The molecule has 10 aromatic carbocycles. The Morgan fingerprint density at radius 2 is 0.517 bits per heavy atom. The first-order valence-corrected chi connectivity index (χ1v) is 20.3. The Bertz CT molecular complexity index is 3190. The zero-order valence-electron chi connectivity index (χ0n) is 32.7. The first kappa shape index (κ1) is 35.2. The fourth-order valence-corrected chi connectivity index (χ4v) is 8.50. The number of rotatable bonds is 7. The van der Waals surface area contributed by atoms with Crippen molar-refractivity contribution >= 4 is 32.3 Å². The molecule has 1 heterocycles. The Kier molecular flexibility index (Phi) is 8.83. The minimum absolute atomic E-state index is 0.618. The van der Waals surface area contributed by atoms with Gasteiger partial charge in [-0.15, -0.1) is 0 Å². The SMILES string of the molecule is c1ccc(-c2ccc(-c3nc(-c4ccc(-c5ccccc5)cc4)nc(-c4cc(-c5ccc6c7ccccc7c7ccccc7c6c5)ccc4-c4ccccc4)n3)cc2)cc1.